The van der Waals surface area contributed by atoms with Crippen LogP contribution in [0.15, 0.2) is 0 Å². The number of hydrogen-bond acceptors (Lipinski definition) is 2. The minimum Gasteiger partial charge on any atom is -0.321 e. The highest BCUT2D eigenvalue weighted by Crippen LogP contribution is 2.26. The van der Waals surface area contributed by atoms with Gasteiger partial charge in [0.25, 0.3) is 0 Å². The summed E-state index contributed by atoms with van der Waals surface area (Å²) >= 11 is 0. The van der Waals surface area contributed by atoms with Crippen LogP contribution in [0.2, 0.25) is 0 Å². The topological polar surface area (TPSA) is 58.4 Å². The van der Waals surface area contributed by atoms with Gasteiger partial charge in [-0.3, -0.25) is 5.43 Å². The number of nitrogens with one attached hydrogen (secondary N) is 1. The summed E-state index contributed by atoms with van der Waals surface area (Å²) in [5, 5.41) is 0. The number of rotatable bonds is 2. The average molecular weight is 143 g/mol. The fourth-order valence-electron chi connectivity index (χ4n) is 1.04. The van der Waals surface area contributed by atoms with Crippen molar-refractivity contribution in [3.05, 3.63) is 0 Å². The first-order valence-corrected chi connectivity index (χ1v) is 3.56. The molecule has 0 saturated heterocycles. The van der Waals surface area contributed by atoms with Gasteiger partial charge in [-0.15, -0.1) is 0 Å². The van der Waals surface area contributed by atoms with Crippen molar-refractivity contribution in [2.75, 3.05) is 6.54 Å². The van der Waals surface area contributed by atoms with Crippen LogP contribution in [-0.4, -0.2) is 23.5 Å². The van der Waals surface area contributed by atoms with Gasteiger partial charge < -0.3 is 4.90 Å². The predicted octanol–water partition coefficient (Wildman–Crippen LogP) is 0.0540. The van der Waals surface area contributed by atoms with Gasteiger partial charge in [0.15, 0.2) is 0 Å². The van der Waals surface area contributed by atoms with E-state index >= 15 is 0 Å². The third kappa shape index (κ3) is 1.39. The Labute approximate surface area is 60.3 Å². The lowest BCUT2D eigenvalue weighted by molar-refractivity contribution is 0.198. The molecule has 1 saturated carbocycles. The first-order chi connectivity index (χ1) is 4.79. The molecule has 0 radical (unpaired) electrons. The maximum atomic E-state index is 10.9. The second-order valence-corrected chi connectivity index (χ2v) is 2.47. The molecule has 1 rings (SSSR count). The fraction of sp³-hybridized carbons (Fsp3) is 0.833. The van der Waals surface area contributed by atoms with E-state index < -0.39 is 0 Å². The normalized spacial score (nSPS) is 16.6. The fourth-order valence-corrected chi connectivity index (χ4v) is 1.04. The Kier molecular flexibility index (Phi) is 2.11. The van der Waals surface area contributed by atoms with Crippen molar-refractivity contribution in [2.45, 2.75) is 25.8 Å². The first-order valence-electron chi connectivity index (χ1n) is 3.56. The molecular formula is C6H13N3O. The van der Waals surface area contributed by atoms with Crippen LogP contribution in [0.1, 0.15) is 19.8 Å². The van der Waals surface area contributed by atoms with E-state index in [1.165, 1.54) is 0 Å². The Hall–Kier alpha value is -0.770. The molecule has 10 heavy (non-hydrogen) atoms. The Balaban J connectivity index is 2.38. The highest BCUT2D eigenvalue weighted by atomic mass is 16.2. The van der Waals surface area contributed by atoms with E-state index in [9.17, 15) is 4.79 Å². The molecule has 0 atom stereocenters. The van der Waals surface area contributed by atoms with Gasteiger partial charge in [0.1, 0.15) is 0 Å². The second-order valence-electron chi connectivity index (χ2n) is 2.47. The SMILES string of the molecule is CCN(C(=O)NN)C1CC1. The van der Waals surface area contributed by atoms with Crippen molar-refractivity contribution in [1.29, 1.82) is 0 Å². The molecule has 0 heterocycles. The van der Waals surface area contributed by atoms with Gasteiger partial charge in [-0.05, 0) is 19.8 Å². The number of urea groups is 1. The second kappa shape index (κ2) is 2.88. The minimum atomic E-state index is -0.162. The van der Waals surface area contributed by atoms with E-state index in [4.69, 9.17) is 5.84 Å². The molecule has 0 aromatic heterocycles. The summed E-state index contributed by atoms with van der Waals surface area (Å²) in [5.74, 6) is 4.97. The van der Waals surface area contributed by atoms with E-state index in [0.717, 1.165) is 19.4 Å². The summed E-state index contributed by atoms with van der Waals surface area (Å²) in [6.07, 6.45) is 2.25. The molecule has 2 amide bonds. The van der Waals surface area contributed by atoms with Gasteiger partial charge in [-0.1, -0.05) is 0 Å². The summed E-state index contributed by atoms with van der Waals surface area (Å²) in [7, 11) is 0. The Morgan fingerprint density at radius 1 is 1.80 bits per heavy atom. The summed E-state index contributed by atoms with van der Waals surface area (Å²) in [6, 6.07) is 0.290. The number of nitrogens with two attached hydrogens (primary N) is 1. The zero-order valence-corrected chi connectivity index (χ0v) is 6.13. The molecule has 0 spiro atoms. The monoisotopic (exact) mass is 143 g/mol. The standard InChI is InChI=1S/C6H13N3O/c1-2-9(5-3-4-5)6(10)8-7/h5H,2-4,7H2,1H3,(H,8,10). The highest BCUT2D eigenvalue weighted by molar-refractivity contribution is 5.74. The van der Waals surface area contributed by atoms with Gasteiger partial charge >= 0.3 is 6.03 Å². The van der Waals surface area contributed by atoms with E-state index in [1.807, 2.05) is 6.92 Å². The Morgan fingerprint density at radius 3 is 2.70 bits per heavy atom. The molecule has 0 aliphatic heterocycles. The largest absolute Gasteiger partial charge is 0.331 e. The minimum absolute atomic E-state index is 0.162. The van der Waals surface area contributed by atoms with Gasteiger partial charge in [-0.2, -0.15) is 0 Å². The third-order valence-electron chi connectivity index (χ3n) is 1.71. The zero-order chi connectivity index (χ0) is 7.56. The number of carbonyl (C=O) groups is 1. The molecule has 0 bridgehead atoms. The quantitative estimate of drug-likeness (QED) is 0.326. The molecule has 1 aliphatic carbocycles. The molecule has 58 valence electrons. The van der Waals surface area contributed by atoms with Crippen LogP contribution in [0.25, 0.3) is 0 Å². The van der Waals surface area contributed by atoms with Crippen LogP contribution in [0.4, 0.5) is 4.79 Å². The number of hydrazine groups is 1. The lowest BCUT2D eigenvalue weighted by Crippen LogP contribution is -2.44. The number of hydrogen-bond donors (Lipinski definition) is 2. The lowest BCUT2D eigenvalue weighted by Gasteiger charge is -2.18. The molecule has 0 unspecified atom stereocenters. The van der Waals surface area contributed by atoms with Crippen molar-refractivity contribution in [3.8, 4) is 0 Å². The summed E-state index contributed by atoms with van der Waals surface area (Å²) in [6.45, 7) is 2.70. The number of carbonyl (C=O) groups excluding carboxylic acids is 1. The van der Waals surface area contributed by atoms with E-state index in [-0.39, 0.29) is 6.03 Å². The van der Waals surface area contributed by atoms with Crippen LogP contribution in [0.3, 0.4) is 0 Å². The lowest BCUT2D eigenvalue weighted by atomic mass is 10.5. The predicted molar refractivity (Wildman–Crippen MR) is 38.1 cm³/mol. The van der Waals surface area contributed by atoms with Crippen molar-refractivity contribution >= 4 is 6.03 Å². The van der Waals surface area contributed by atoms with Gasteiger partial charge in [-0.25, -0.2) is 10.6 Å². The van der Waals surface area contributed by atoms with Crippen molar-refractivity contribution < 1.29 is 4.79 Å². The number of amides is 2. The molecular weight excluding hydrogens is 130 g/mol. The molecule has 4 nitrogen and oxygen atoms in total. The first kappa shape index (κ1) is 7.34. The average Bonchev–Trinajstić information content (AvgIpc) is 2.73. The molecule has 0 aromatic carbocycles. The van der Waals surface area contributed by atoms with Crippen molar-refractivity contribution in [2.24, 2.45) is 5.84 Å². The maximum absolute atomic E-state index is 10.9. The Bertz CT molecular complexity index is 133. The maximum Gasteiger partial charge on any atom is 0.331 e. The van der Waals surface area contributed by atoms with Crippen LogP contribution in [0, 0.1) is 0 Å². The Morgan fingerprint density at radius 2 is 2.40 bits per heavy atom. The summed E-state index contributed by atoms with van der Waals surface area (Å²) < 4.78 is 0. The molecule has 4 heteroatoms. The molecule has 1 aliphatic rings. The smallest absolute Gasteiger partial charge is 0.321 e. The van der Waals surface area contributed by atoms with Crippen LogP contribution >= 0.6 is 0 Å². The summed E-state index contributed by atoms with van der Waals surface area (Å²) in [4.78, 5) is 12.7. The molecule has 0 aromatic rings. The van der Waals surface area contributed by atoms with E-state index in [0.29, 0.717) is 6.04 Å². The highest BCUT2D eigenvalue weighted by Gasteiger charge is 2.30. The van der Waals surface area contributed by atoms with Crippen LogP contribution in [0.5, 0.6) is 0 Å². The van der Waals surface area contributed by atoms with Gasteiger partial charge in [0, 0.05) is 12.6 Å². The van der Waals surface area contributed by atoms with Crippen LogP contribution in [-0.2, 0) is 0 Å². The molecule has 1 fully saturated rings. The van der Waals surface area contributed by atoms with Crippen molar-refractivity contribution in [3.63, 3.8) is 0 Å². The van der Waals surface area contributed by atoms with Gasteiger partial charge in [0.05, 0.1) is 0 Å². The van der Waals surface area contributed by atoms with E-state index in [2.05, 4.69) is 5.43 Å². The summed E-state index contributed by atoms with van der Waals surface area (Å²) in [5.41, 5.74) is 2.12. The van der Waals surface area contributed by atoms with E-state index in [1.54, 1.807) is 4.90 Å². The number of nitrogens with zero attached hydrogens (tertiary/aromatic N) is 1. The van der Waals surface area contributed by atoms with Crippen molar-refractivity contribution in [1.82, 2.24) is 10.3 Å². The third-order valence-corrected chi connectivity index (χ3v) is 1.71. The zero-order valence-electron chi connectivity index (χ0n) is 6.13. The van der Waals surface area contributed by atoms with Crippen LogP contribution < -0.4 is 11.3 Å². The van der Waals surface area contributed by atoms with Gasteiger partial charge in [0.2, 0.25) is 0 Å². The molecule has 3 N–H and O–H groups in total.